The Morgan fingerprint density at radius 3 is 2.68 bits per heavy atom. The van der Waals surface area contributed by atoms with Gasteiger partial charge >= 0.3 is 12.1 Å². The van der Waals surface area contributed by atoms with Gasteiger partial charge in [0.05, 0.1) is 0 Å². The number of unbranched alkanes of at least 4 members (excludes halogenated alkanes) is 1. The quantitative estimate of drug-likeness (QED) is 0.621. The molecular weight excluding hydrogens is 282 g/mol. The van der Waals surface area contributed by atoms with Gasteiger partial charge in [-0.05, 0) is 45.1 Å². The number of carbonyl (C=O) groups is 2. The van der Waals surface area contributed by atoms with Gasteiger partial charge in [0.15, 0.2) is 6.04 Å². The molecule has 120 valence electrons. The molecule has 0 aliphatic carbocycles. The molecule has 22 heavy (non-hydrogen) atoms. The number of nitrogens with one attached hydrogen (secondary N) is 1. The number of amides is 1. The smallest absolute Gasteiger partial charge is 0.408 e. The number of ether oxygens (including phenoxy) is 2. The van der Waals surface area contributed by atoms with Gasteiger partial charge in [0.1, 0.15) is 12.2 Å². The van der Waals surface area contributed by atoms with E-state index in [4.69, 9.17) is 9.47 Å². The molecule has 5 nitrogen and oxygen atoms in total. The lowest BCUT2D eigenvalue weighted by molar-refractivity contribution is -0.174. The van der Waals surface area contributed by atoms with Crippen LogP contribution in [0.2, 0.25) is 0 Å². The summed E-state index contributed by atoms with van der Waals surface area (Å²) in [5.74, 6) is -0.403. The topological polar surface area (TPSA) is 64.6 Å². The van der Waals surface area contributed by atoms with Crippen molar-refractivity contribution in [2.24, 2.45) is 0 Å². The fourth-order valence-corrected chi connectivity index (χ4v) is 2.43. The highest BCUT2D eigenvalue weighted by Crippen LogP contribution is 2.14. The molecule has 1 aliphatic rings. The minimum absolute atomic E-state index is 0.165. The van der Waals surface area contributed by atoms with Crippen LogP contribution in [0, 0.1) is 0 Å². The second-order valence-corrected chi connectivity index (χ2v) is 5.71. The number of hydrogen-bond acceptors (Lipinski definition) is 4. The largest absolute Gasteiger partial charge is 0.458 e. The third-order valence-electron chi connectivity index (χ3n) is 3.78. The van der Waals surface area contributed by atoms with Crippen LogP contribution in [0.25, 0.3) is 0 Å². The Morgan fingerprint density at radius 2 is 2.05 bits per heavy atom. The monoisotopic (exact) mass is 305 g/mol. The number of rotatable bonds is 7. The van der Waals surface area contributed by atoms with Crippen molar-refractivity contribution in [2.75, 3.05) is 0 Å². The number of cyclic esters (lactones) is 1. The van der Waals surface area contributed by atoms with Gasteiger partial charge in [-0.3, -0.25) is 0 Å². The Labute approximate surface area is 131 Å². The predicted molar refractivity (Wildman–Crippen MR) is 82.4 cm³/mol. The highest BCUT2D eigenvalue weighted by molar-refractivity contribution is 5.86. The summed E-state index contributed by atoms with van der Waals surface area (Å²) >= 11 is 0. The van der Waals surface area contributed by atoms with Gasteiger partial charge in [-0.2, -0.15) is 0 Å². The molecule has 1 aliphatic heterocycles. The molecule has 0 bridgehead atoms. The zero-order chi connectivity index (χ0) is 15.9. The van der Waals surface area contributed by atoms with Crippen molar-refractivity contribution in [3.63, 3.8) is 0 Å². The molecule has 1 aromatic rings. The van der Waals surface area contributed by atoms with Gasteiger partial charge in [-0.15, -0.1) is 0 Å². The maximum Gasteiger partial charge on any atom is 0.408 e. The van der Waals surface area contributed by atoms with Crippen LogP contribution >= 0.6 is 0 Å². The number of hydrogen-bond donors (Lipinski definition) is 1. The van der Waals surface area contributed by atoms with Gasteiger partial charge in [0.2, 0.25) is 0 Å². The summed E-state index contributed by atoms with van der Waals surface area (Å²) in [6.07, 6.45) is 2.90. The Balaban J connectivity index is 1.58. The van der Waals surface area contributed by atoms with Crippen LogP contribution < -0.4 is 5.32 Å². The first kappa shape index (κ1) is 16.3. The molecule has 0 spiro atoms. The van der Waals surface area contributed by atoms with E-state index in [0.717, 1.165) is 25.7 Å². The van der Waals surface area contributed by atoms with E-state index >= 15 is 0 Å². The Kier molecular flexibility index (Phi) is 5.81. The minimum Gasteiger partial charge on any atom is -0.458 e. The van der Waals surface area contributed by atoms with E-state index < -0.39 is 18.1 Å². The van der Waals surface area contributed by atoms with E-state index in [0.29, 0.717) is 0 Å². The summed E-state index contributed by atoms with van der Waals surface area (Å²) in [4.78, 5) is 22.8. The lowest BCUT2D eigenvalue weighted by Gasteiger charge is -2.32. The van der Waals surface area contributed by atoms with Crippen LogP contribution in [0.15, 0.2) is 30.3 Å². The maximum atomic E-state index is 11.7. The third-order valence-corrected chi connectivity index (χ3v) is 3.78. The summed E-state index contributed by atoms with van der Waals surface area (Å²) in [5.41, 5.74) is 1.33. The van der Waals surface area contributed by atoms with E-state index in [9.17, 15) is 9.59 Å². The lowest BCUT2D eigenvalue weighted by atomic mass is 10.1. The van der Waals surface area contributed by atoms with Crippen LogP contribution in [0.3, 0.4) is 0 Å². The summed E-state index contributed by atoms with van der Waals surface area (Å²) in [7, 11) is 0. The van der Waals surface area contributed by atoms with E-state index in [1.54, 1.807) is 6.92 Å². The summed E-state index contributed by atoms with van der Waals surface area (Å²) in [6, 6.07) is 9.75. The van der Waals surface area contributed by atoms with E-state index in [1.807, 2.05) is 25.1 Å². The van der Waals surface area contributed by atoms with Crippen LogP contribution in [0.5, 0.6) is 0 Å². The van der Waals surface area contributed by atoms with Crippen molar-refractivity contribution in [1.29, 1.82) is 0 Å². The normalized spacial score (nSPS) is 21.5. The summed E-state index contributed by atoms with van der Waals surface area (Å²) in [5, 5.41) is 2.53. The highest BCUT2D eigenvalue weighted by atomic mass is 16.6. The number of carbonyl (C=O) groups excluding carboxylic acids is 2. The molecule has 5 heteroatoms. The van der Waals surface area contributed by atoms with E-state index in [2.05, 4.69) is 17.4 Å². The molecule has 2 rings (SSSR count). The van der Waals surface area contributed by atoms with Gasteiger partial charge in [0.25, 0.3) is 0 Å². The van der Waals surface area contributed by atoms with Crippen molar-refractivity contribution in [3.05, 3.63) is 35.9 Å². The number of benzene rings is 1. The number of aryl methyl sites for hydroxylation is 1. The van der Waals surface area contributed by atoms with Crippen molar-refractivity contribution < 1.29 is 19.1 Å². The molecule has 1 fully saturated rings. The Hall–Kier alpha value is -2.04. The first-order chi connectivity index (χ1) is 10.6. The minimum atomic E-state index is -0.571. The molecule has 1 N–H and O–H groups in total. The van der Waals surface area contributed by atoms with Gasteiger partial charge in [0, 0.05) is 0 Å². The zero-order valence-electron chi connectivity index (χ0n) is 13.1. The Morgan fingerprint density at radius 1 is 1.32 bits per heavy atom. The van der Waals surface area contributed by atoms with Gasteiger partial charge < -0.3 is 14.8 Å². The average Bonchev–Trinajstić information content (AvgIpc) is 2.50. The van der Waals surface area contributed by atoms with Crippen molar-refractivity contribution in [3.8, 4) is 0 Å². The third kappa shape index (κ3) is 4.76. The molecular formula is C17H23NO4. The van der Waals surface area contributed by atoms with Crippen LogP contribution in [0.4, 0.5) is 4.79 Å². The fourth-order valence-electron chi connectivity index (χ4n) is 2.43. The molecule has 3 unspecified atom stereocenters. The van der Waals surface area contributed by atoms with Crippen LogP contribution in [-0.4, -0.2) is 30.3 Å². The fraction of sp³-hybridized carbons (Fsp3) is 0.529. The molecule has 0 radical (unpaired) electrons. The molecule has 1 amide bonds. The average molecular weight is 305 g/mol. The lowest BCUT2D eigenvalue weighted by Crippen LogP contribution is -2.58. The maximum absolute atomic E-state index is 11.7. The second kappa shape index (κ2) is 7.82. The predicted octanol–water partition coefficient (Wildman–Crippen LogP) is 2.83. The number of esters is 1. The van der Waals surface area contributed by atoms with Gasteiger partial charge in [-0.25, -0.2) is 9.59 Å². The van der Waals surface area contributed by atoms with Crippen molar-refractivity contribution in [1.82, 2.24) is 5.32 Å². The highest BCUT2D eigenvalue weighted by Gasteiger charge is 2.40. The molecule has 0 saturated carbocycles. The van der Waals surface area contributed by atoms with Gasteiger partial charge in [-0.1, -0.05) is 30.3 Å². The van der Waals surface area contributed by atoms with Crippen LogP contribution in [0.1, 0.15) is 38.7 Å². The molecule has 1 aromatic carbocycles. The number of alkyl carbamates (subject to hydrolysis) is 1. The summed E-state index contributed by atoms with van der Waals surface area (Å²) in [6.45, 7) is 3.60. The van der Waals surface area contributed by atoms with Crippen molar-refractivity contribution in [2.45, 2.75) is 57.8 Å². The molecule has 3 atom stereocenters. The van der Waals surface area contributed by atoms with E-state index in [-0.39, 0.29) is 12.2 Å². The van der Waals surface area contributed by atoms with Crippen molar-refractivity contribution >= 4 is 12.1 Å². The Bertz CT molecular complexity index is 503. The first-order valence-electron chi connectivity index (χ1n) is 7.78. The molecule has 1 heterocycles. The summed E-state index contributed by atoms with van der Waals surface area (Å²) < 4.78 is 10.0. The SMILES string of the molecule is CC(CCCCc1ccccc1)OC(=O)NC1C(=O)OC1C. The van der Waals surface area contributed by atoms with Crippen LogP contribution in [-0.2, 0) is 20.7 Å². The zero-order valence-corrected chi connectivity index (χ0v) is 13.1. The standard InChI is InChI=1S/C17H23NO4/c1-12(8-6-7-11-14-9-4-3-5-10-14)21-17(20)18-15-13(2)22-16(15)19/h3-5,9-10,12-13,15H,6-8,11H2,1-2H3,(H,18,20). The second-order valence-electron chi connectivity index (χ2n) is 5.71. The molecule has 0 aromatic heterocycles. The molecule has 1 saturated heterocycles. The van der Waals surface area contributed by atoms with E-state index in [1.165, 1.54) is 5.56 Å². The first-order valence-corrected chi connectivity index (χ1v) is 7.78.